The molecule has 4 heteroatoms. The molecule has 0 aromatic heterocycles. The van der Waals surface area contributed by atoms with Crippen molar-refractivity contribution >= 4 is 11.8 Å². The third-order valence-electron chi connectivity index (χ3n) is 1.26. The van der Waals surface area contributed by atoms with Gasteiger partial charge in [0, 0.05) is 18.2 Å². The van der Waals surface area contributed by atoms with Gasteiger partial charge in [0.25, 0.3) is 0 Å². The third-order valence-corrected chi connectivity index (χ3v) is 1.26. The highest BCUT2D eigenvalue weighted by molar-refractivity contribution is 5.93. The van der Waals surface area contributed by atoms with Crippen LogP contribution < -0.4 is 11.1 Å². The lowest BCUT2D eigenvalue weighted by Crippen LogP contribution is -2.27. The molecule has 1 aliphatic carbocycles. The Kier molecular flexibility index (Phi) is 1.71. The summed E-state index contributed by atoms with van der Waals surface area (Å²) < 4.78 is 0. The number of nitrogens with two attached hydrogens (primary N) is 1. The molecule has 0 radical (unpaired) electrons. The summed E-state index contributed by atoms with van der Waals surface area (Å²) in [4.78, 5) is 20.8. The van der Waals surface area contributed by atoms with Gasteiger partial charge < -0.3 is 11.1 Å². The molecule has 1 aliphatic rings. The average Bonchev–Trinajstić information content (AvgIpc) is 2.13. The molecular formula is C6H8N2O2. The molecule has 0 atom stereocenters. The summed E-state index contributed by atoms with van der Waals surface area (Å²) in [5, 5.41) is 2.35. The van der Waals surface area contributed by atoms with Crippen LogP contribution in [0.4, 0.5) is 4.79 Å². The predicted octanol–water partition coefficient (Wildman–Crippen LogP) is -0.0985. The zero-order chi connectivity index (χ0) is 7.56. The van der Waals surface area contributed by atoms with Crippen LogP contribution in [-0.2, 0) is 4.79 Å². The molecule has 0 saturated heterocycles. The van der Waals surface area contributed by atoms with Crippen molar-refractivity contribution in [1.29, 1.82) is 0 Å². The maximum atomic E-state index is 10.6. The molecule has 0 aromatic rings. The third kappa shape index (κ3) is 1.58. The van der Waals surface area contributed by atoms with Gasteiger partial charge in [-0.15, -0.1) is 0 Å². The zero-order valence-corrected chi connectivity index (χ0v) is 5.39. The van der Waals surface area contributed by atoms with Crippen LogP contribution in [-0.4, -0.2) is 11.8 Å². The number of ketones is 1. The van der Waals surface area contributed by atoms with Gasteiger partial charge in [-0.2, -0.15) is 0 Å². The molecule has 0 heterocycles. The van der Waals surface area contributed by atoms with Crippen molar-refractivity contribution < 1.29 is 9.59 Å². The van der Waals surface area contributed by atoms with Crippen LogP contribution in [0.25, 0.3) is 0 Å². The first-order chi connectivity index (χ1) is 4.68. The molecule has 1 rings (SSSR count). The van der Waals surface area contributed by atoms with E-state index in [1.165, 1.54) is 6.08 Å². The molecule has 10 heavy (non-hydrogen) atoms. The zero-order valence-electron chi connectivity index (χ0n) is 5.39. The van der Waals surface area contributed by atoms with Gasteiger partial charge in [-0.25, -0.2) is 4.79 Å². The number of allylic oxidation sites excluding steroid dienone is 2. The Morgan fingerprint density at radius 2 is 2.30 bits per heavy atom. The summed E-state index contributed by atoms with van der Waals surface area (Å²) in [5.74, 6) is 0.0451. The van der Waals surface area contributed by atoms with E-state index in [2.05, 4.69) is 5.32 Å². The Morgan fingerprint density at radius 1 is 1.60 bits per heavy atom. The number of hydrogen-bond donors (Lipinski definition) is 2. The lowest BCUT2D eigenvalue weighted by atomic mass is 10.3. The lowest BCUT2D eigenvalue weighted by Gasteiger charge is -1.97. The fraction of sp³-hybridized carbons (Fsp3) is 0.333. The second-order valence-electron chi connectivity index (χ2n) is 2.13. The molecule has 0 saturated carbocycles. The second kappa shape index (κ2) is 2.51. The maximum absolute atomic E-state index is 10.6. The van der Waals surface area contributed by atoms with E-state index in [9.17, 15) is 9.59 Å². The van der Waals surface area contributed by atoms with E-state index in [-0.39, 0.29) is 5.78 Å². The number of hydrogen-bond acceptors (Lipinski definition) is 2. The summed E-state index contributed by atoms with van der Waals surface area (Å²) in [7, 11) is 0. The fourth-order valence-electron chi connectivity index (χ4n) is 0.853. The Hall–Kier alpha value is -1.32. The minimum absolute atomic E-state index is 0.0451. The number of amides is 2. The summed E-state index contributed by atoms with van der Waals surface area (Å²) >= 11 is 0. The quantitative estimate of drug-likeness (QED) is 0.534. The van der Waals surface area contributed by atoms with E-state index in [4.69, 9.17) is 5.73 Å². The maximum Gasteiger partial charge on any atom is 0.316 e. The van der Waals surface area contributed by atoms with Crippen LogP contribution in [0.2, 0.25) is 0 Å². The Labute approximate surface area is 58.1 Å². The highest BCUT2D eigenvalue weighted by Crippen LogP contribution is 2.10. The summed E-state index contributed by atoms with van der Waals surface area (Å²) in [6.45, 7) is 0. The van der Waals surface area contributed by atoms with Crippen molar-refractivity contribution in [2.24, 2.45) is 5.73 Å². The van der Waals surface area contributed by atoms with Gasteiger partial charge in [0.2, 0.25) is 0 Å². The standard InChI is InChI=1S/C6H8N2O2/c7-6(10)8-4-1-2-5(9)3-4/h3H,1-2H2,(H3,7,8,10). The van der Waals surface area contributed by atoms with E-state index in [1.807, 2.05) is 0 Å². The van der Waals surface area contributed by atoms with Crippen LogP contribution in [0.3, 0.4) is 0 Å². The molecule has 0 bridgehead atoms. The highest BCUT2D eigenvalue weighted by atomic mass is 16.2. The normalized spacial score (nSPS) is 16.8. The fourth-order valence-corrected chi connectivity index (χ4v) is 0.853. The number of carbonyl (C=O) groups is 2. The summed E-state index contributed by atoms with van der Waals surface area (Å²) in [6.07, 6.45) is 2.49. The van der Waals surface area contributed by atoms with E-state index in [1.54, 1.807) is 0 Å². The molecule has 0 fully saturated rings. The topological polar surface area (TPSA) is 72.2 Å². The number of rotatable bonds is 1. The van der Waals surface area contributed by atoms with Crippen molar-refractivity contribution in [3.05, 3.63) is 11.8 Å². The van der Waals surface area contributed by atoms with E-state index >= 15 is 0 Å². The Morgan fingerprint density at radius 3 is 2.70 bits per heavy atom. The number of carbonyl (C=O) groups excluding carboxylic acids is 2. The number of nitrogens with one attached hydrogen (secondary N) is 1. The molecule has 0 aliphatic heterocycles. The van der Waals surface area contributed by atoms with Crippen LogP contribution in [0, 0.1) is 0 Å². The Bertz CT molecular complexity index is 208. The molecule has 4 nitrogen and oxygen atoms in total. The minimum atomic E-state index is -0.610. The Balaban J connectivity index is 2.50. The van der Waals surface area contributed by atoms with Crippen molar-refractivity contribution in [3.63, 3.8) is 0 Å². The summed E-state index contributed by atoms with van der Waals surface area (Å²) in [6, 6.07) is -0.610. The van der Waals surface area contributed by atoms with Gasteiger partial charge in [0.15, 0.2) is 5.78 Å². The van der Waals surface area contributed by atoms with Crippen molar-refractivity contribution in [3.8, 4) is 0 Å². The minimum Gasteiger partial charge on any atom is -0.351 e. The van der Waals surface area contributed by atoms with Gasteiger partial charge in [-0.05, 0) is 6.42 Å². The SMILES string of the molecule is NC(=O)NC1=CC(=O)CC1. The molecule has 54 valence electrons. The van der Waals surface area contributed by atoms with Crippen molar-refractivity contribution in [1.82, 2.24) is 5.32 Å². The average molecular weight is 140 g/mol. The molecule has 0 unspecified atom stereocenters. The molecule has 0 spiro atoms. The van der Waals surface area contributed by atoms with Crippen LogP contribution >= 0.6 is 0 Å². The van der Waals surface area contributed by atoms with Gasteiger partial charge in [-0.1, -0.05) is 0 Å². The van der Waals surface area contributed by atoms with Crippen LogP contribution in [0.15, 0.2) is 11.8 Å². The van der Waals surface area contributed by atoms with E-state index in [0.29, 0.717) is 18.5 Å². The summed E-state index contributed by atoms with van der Waals surface area (Å²) in [5.41, 5.74) is 5.44. The lowest BCUT2D eigenvalue weighted by molar-refractivity contribution is -0.114. The van der Waals surface area contributed by atoms with E-state index in [0.717, 1.165) is 0 Å². The smallest absolute Gasteiger partial charge is 0.316 e. The molecule has 2 amide bonds. The second-order valence-corrected chi connectivity index (χ2v) is 2.13. The molecule has 0 aromatic carbocycles. The van der Waals surface area contributed by atoms with Crippen LogP contribution in [0.5, 0.6) is 0 Å². The highest BCUT2D eigenvalue weighted by Gasteiger charge is 2.11. The molecular weight excluding hydrogens is 132 g/mol. The van der Waals surface area contributed by atoms with Gasteiger partial charge in [0.05, 0.1) is 0 Å². The van der Waals surface area contributed by atoms with Gasteiger partial charge in [-0.3, -0.25) is 4.79 Å². The monoisotopic (exact) mass is 140 g/mol. The van der Waals surface area contributed by atoms with Crippen molar-refractivity contribution in [2.75, 3.05) is 0 Å². The number of primary amides is 1. The largest absolute Gasteiger partial charge is 0.351 e. The van der Waals surface area contributed by atoms with Gasteiger partial charge >= 0.3 is 6.03 Å². The van der Waals surface area contributed by atoms with E-state index < -0.39 is 6.03 Å². The first-order valence-corrected chi connectivity index (χ1v) is 2.98. The predicted molar refractivity (Wildman–Crippen MR) is 35.0 cm³/mol. The van der Waals surface area contributed by atoms with Crippen molar-refractivity contribution in [2.45, 2.75) is 12.8 Å². The first-order valence-electron chi connectivity index (χ1n) is 2.98. The number of urea groups is 1. The van der Waals surface area contributed by atoms with Crippen LogP contribution in [0.1, 0.15) is 12.8 Å². The van der Waals surface area contributed by atoms with Gasteiger partial charge in [0.1, 0.15) is 0 Å². The molecule has 3 N–H and O–H groups in total. The first kappa shape index (κ1) is 6.80.